The van der Waals surface area contributed by atoms with Gasteiger partial charge in [-0.2, -0.15) is 5.26 Å². The average molecular weight is 703 g/mol. The highest BCUT2D eigenvalue weighted by atomic mass is 32.1. The van der Waals surface area contributed by atoms with Crippen LogP contribution in [0, 0.1) is 30.6 Å². The first-order valence-corrected chi connectivity index (χ1v) is 18.0. The number of aliphatic hydroxyl groups excluding tert-OH is 1. The first-order valence-electron chi connectivity index (χ1n) is 17.2. The second kappa shape index (κ2) is 12.7. The van der Waals surface area contributed by atoms with E-state index < -0.39 is 11.4 Å². The van der Waals surface area contributed by atoms with Crippen LogP contribution >= 0.6 is 11.3 Å². The lowest BCUT2D eigenvalue weighted by Crippen LogP contribution is -2.53. The Morgan fingerprint density at radius 2 is 1.73 bits per heavy atom. The number of carbonyl (C=O) groups is 2. The van der Waals surface area contributed by atoms with Gasteiger partial charge in [0, 0.05) is 42.2 Å². The van der Waals surface area contributed by atoms with Gasteiger partial charge in [0.15, 0.2) is 5.58 Å². The van der Waals surface area contributed by atoms with E-state index in [-0.39, 0.29) is 12.0 Å². The number of thiazole rings is 1. The lowest BCUT2D eigenvalue weighted by molar-refractivity contribution is -0.147. The number of carboxylic acid groups (broad SMARTS) is 1. The number of oxazole rings is 1. The SMILES string of the molecule is Cc1c(-c2nc3cc(CN4CCC(C)(C(=O)O)C4)cc(C#N)c3o2)cccc1-c1cccc(-c2nc3c(s2)CN(C(=O)CN2CC(O)C2)C3)c1C. The number of aliphatic hydroxyl groups is 1. The molecular weight excluding hydrogens is 665 g/mol. The molecule has 1 amide bonds. The predicted molar refractivity (Wildman–Crippen MR) is 193 cm³/mol. The summed E-state index contributed by atoms with van der Waals surface area (Å²) < 4.78 is 6.28. The molecule has 260 valence electrons. The summed E-state index contributed by atoms with van der Waals surface area (Å²) in [5.74, 6) is -0.280. The highest BCUT2D eigenvalue weighted by Crippen LogP contribution is 2.41. The molecule has 0 aliphatic carbocycles. The molecule has 12 heteroatoms. The molecule has 1 unspecified atom stereocenters. The zero-order valence-corrected chi connectivity index (χ0v) is 29.6. The summed E-state index contributed by atoms with van der Waals surface area (Å²) in [6, 6.07) is 18.3. The van der Waals surface area contributed by atoms with Crippen molar-refractivity contribution in [1.82, 2.24) is 24.7 Å². The fourth-order valence-electron chi connectivity index (χ4n) is 7.62. The van der Waals surface area contributed by atoms with Crippen molar-refractivity contribution in [2.75, 3.05) is 32.7 Å². The highest BCUT2D eigenvalue weighted by Gasteiger charge is 2.40. The number of amides is 1. The summed E-state index contributed by atoms with van der Waals surface area (Å²) in [5.41, 5.74) is 8.62. The molecule has 11 nitrogen and oxygen atoms in total. The van der Waals surface area contributed by atoms with Gasteiger partial charge < -0.3 is 19.5 Å². The van der Waals surface area contributed by atoms with Crippen LogP contribution in [0.2, 0.25) is 0 Å². The second-order valence-corrected chi connectivity index (χ2v) is 15.5. The third-order valence-electron chi connectivity index (χ3n) is 10.7. The maximum atomic E-state index is 12.8. The van der Waals surface area contributed by atoms with Crippen molar-refractivity contribution in [2.45, 2.75) is 52.9 Å². The molecule has 2 fully saturated rings. The minimum atomic E-state index is -0.785. The van der Waals surface area contributed by atoms with Crippen molar-refractivity contribution in [3.63, 3.8) is 0 Å². The number of hydrogen-bond donors (Lipinski definition) is 2. The summed E-state index contributed by atoms with van der Waals surface area (Å²) in [6.45, 7) is 10.1. The molecule has 5 heterocycles. The van der Waals surface area contributed by atoms with Crippen LogP contribution in [-0.4, -0.2) is 85.6 Å². The molecule has 3 aromatic carbocycles. The Morgan fingerprint density at radius 3 is 2.39 bits per heavy atom. The van der Waals surface area contributed by atoms with Crippen LogP contribution in [0.15, 0.2) is 52.9 Å². The van der Waals surface area contributed by atoms with Crippen molar-refractivity contribution in [1.29, 1.82) is 5.26 Å². The van der Waals surface area contributed by atoms with Crippen LogP contribution in [-0.2, 0) is 29.2 Å². The first kappa shape index (κ1) is 33.2. The Kier molecular flexibility index (Phi) is 8.26. The van der Waals surface area contributed by atoms with Crippen LogP contribution in [0.25, 0.3) is 44.3 Å². The van der Waals surface area contributed by atoms with Gasteiger partial charge in [0.05, 0.1) is 42.4 Å². The minimum absolute atomic E-state index is 0.0672. The average Bonchev–Trinajstić information content (AvgIpc) is 3.87. The monoisotopic (exact) mass is 702 g/mol. The van der Waals surface area contributed by atoms with Crippen molar-refractivity contribution in [3.8, 4) is 39.2 Å². The van der Waals surface area contributed by atoms with E-state index in [0.29, 0.717) is 81.3 Å². The molecule has 2 saturated heterocycles. The fourth-order valence-corrected chi connectivity index (χ4v) is 8.79. The number of likely N-dealkylation sites (tertiary alicyclic amines) is 2. The highest BCUT2D eigenvalue weighted by molar-refractivity contribution is 7.15. The third kappa shape index (κ3) is 6.00. The first-order chi connectivity index (χ1) is 24.5. The van der Waals surface area contributed by atoms with Gasteiger partial charge in [-0.1, -0.05) is 30.3 Å². The molecule has 0 spiro atoms. The lowest BCUT2D eigenvalue weighted by Gasteiger charge is -2.36. The van der Waals surface area contributed by atoms with E-state index >= 15 is 0 Å². The molecule has 0 radical (unpaired) electrons. The number of benzene rings is 3. The van der Waals surface area contributed by atoms with E-state index in [9.17, 15) is 25.1 Å². The summed E-state index contributed by atoms with van der Waals surface area (Å²) in [5, 5.41) is 30.2. The standard InChI is InChI=1S/C39H38N6O5S/c1-22-27(28-7-5-9-30(23(28)2)37-42-32-18-45(19-33(32)51-37)34(47)20-44-16-26(46)17-44)6-4-8-29(22)36-41-31-13-24(12-25(14-40)35(31)50-36)15-43-11-10-39(3,21-43)38(48)49/h4-9,12-13,26,46H,10-11,15-21H2,1-3H3,(H,48,49). The molecule has 3 aliphatic heterocycles. The van der Waals surface area contributed by atoms with Crippen LogP contribution in [0.3, 0.4) is 0 Å². The van der Waals surface area contributed by atoms with E-state index in [4.69, 9.17) is 14.4 Å². The largest absolute Gasteiger partial charge is 0.481 e. The Balaban J connectivity index is 1.04. The number of aromatic nitrogens is 2. The van der Waals surface area contributed by atoms with Crippen LogP contribution in [0.1, 0.15) is 46.2 Å². The van der Waals surface area contributed by atoms with E-state index in [0.717, 1.165) is 54.5 Å². The Morgan fingerprint density at radius 1 is 1.02 bits per heavy atom. The maximum absolute atomic E-state index is 12.8. The third-order valence-corrected chi connectivity index (χ3v) is 11.8. The molecule has 2 N–H and O–H groups in total. The normalized spacial score (nSPS) is 19.4. The zero-order chi connectivity index (χ0) is 35.6. The lowest BCUT2D eigenvalue weighted by atomic mass is 9.90. The van der Waals surface area contributed by atoms with Crippen LogP contribution in [0.5, 0.6) is 0 Å². The van der Waals surface area contributed by atoms with Crippen LogP contribution in [0.4, 0.5) is 0 Å². The maximum Gasteiger partial charge on any atom is 0.310 e. The van der Waals surface area contributed by atoms with Gasteiger partial charge in [0.1, 0.15) is 16.6 Å². The Hall–Kier alpha value is -4.93. The van der Waals surface area contributed by atoms with Gasteiger partial charge in [-0.25, -0.2) is 9.97 Å². The van der Waals surface area contributed by atoms with Crippen molar-refractivity contribution >= 4 is 34.3 Å². The molecule has 0 saturated carbocycles. The number of β-amino-alcohol motifs (C(OH)–C–C–N with tert-alkyl or cyclic N) is 1. The van der Waals surface area contributed by atoms with Crippen LogP contribution < -0.4 is 0 Å². The number of aliphatic carboxylic acids is 1. The molecule has 51 heavy (non-hydrogen) atoms. The van der Waals surface area contributed by atoms with E-state index in [1.807, 2.05) is 40.1 Å². The van der Waals surface area contributed by atoms with Gasteiger partial charge in [0.2, 0.25) is 11.8 Å². The van der Waals surface area contributed by atoms with Crippen molar-refractivity contribution < 1.29 is 24.2 Å². The number of carboxylic acids is 1. The van der Waals surface area contributed by atoms with Crippen molar-refractivity contribution in [2.24, 2.45) is 5.41 Å². The van der Waals surface area contributed by atoms with E-state index in [1.165, 1.54) is 0 Å². The Labute approximate surface area is 299 Å². The van der Waals surface area contributed by atoms with E-state index in [1.54, 1.807) is 18.3 Å². The van der Waals surface area contributed by atoms with Gasteiger partial charge in [-0.05, 0) is 79.8 Å². The summed E-state index contributed by atoms with van der Waals surface area (Å²) in [6.07, 6.45) is 0.259. The zero-order valence-electron chi connectivity index (χ0n) is 28.8. The molecule has 1 atom stereocenters. The van der Waals surface area contributed by atoms with E-state index in [2.05, 4.69) is 43.0 Å². The quantitative estimate of drug-likeness (QED) is 0.210. The van der Waals surface area contributed by atoms with Gasteiger partial charge in [0.25, 0.3) is 0 Å². The molecular formula is C39H38N6O5S. The molecule has 3 aliphatic rings. The number of fused-ring (bicyclic) bond motifs is 2. The molecule has 2 aromatic heterocycles. The summed E-state index contributed by atoms with van der Waals surface area (Å²) in [7, 11) is 0. The summed E-state index contributed by atoms with van der Waals surface area (Å²) >= 11 is 1.64. The fraction of sp³-hybridized carbons (Fsp3) is 0.359. The topological polar surface area (TPSA) is 147 Å². The minimum Gasteiger partial charge on any atom is -0.481 e. The predicted octanol–water partition coefficient (Wildman–Crippen LogP) is 5.59. The molecule has 5 aromatic rings. The number of nitrogens with zero attached hydrogens (tertiary/aromatic N) is 6. The van der Waals surface area contributed by atoms with Gasteiger partial charge in [-0.15, -0.1) is 11.3 Å². The number of carbonyl (C=O) groups excluding carboxylic acids is 1. The smallest absolute Gasteiger partial charge is 0.310 e. The number of nitriles is 1. The second-order valence-electron chi connectivity index (χ2n) is 14.4. The van der Waals surface area contributed by atoms with Gasteiger partial charge >= 0.3 is 5.97 Å². The van der Waals surface area contributed by atoms with Crippen molar-refractivity contribution in [3.05, 3.63) is 81.4 Å². The number of hydrogen-bond acceptors (Lipinski definition) is 10. The summed E-state index contributed by atoms with van der Waals surface area (Å²) in [4.78, 5) is 41.5. The molecule has 8 rings (SSSR count). The molecule has 0 bridgehead atoms. The van der Waals surface area contributed by atoms with Gasteiger partial charge in [-0.3, -0.25) is 19.4 Å². The number of rotatable bonds is 8. The Bertz CT molecular complexity index is 2240.